The third-order valence-corrected chi connectivity index (χ3v) is 6.61. The first-order chi connectivity index (χ1) is 16.9. The minimum absolute atomic E-state index is 0.258. The summed E-state index contributed by atoms with van der Waals surface area (Å²) in [6, 6.07) is 18.0. The highest BCUT2D eigenvalue weighted by Gasteiger charge is 2.37. The maximum atomic E-state index is 13.7. The van der Waals surface area contributed by atoms with Crippen molar-refractivity contribution in [1.29, 1.82) is 0 Å². The van der Waals surface area contributed by atoms with E-state index in [0.29, 0.717) is 24.6 Å². The number of fused-ring (bicyclic) bond motifs is 2. The van der Waals surface area contributed by atoms with Gasteiger partial charge in [-0.05, 0) is 72.9 Å². The van der Waals surface area contributed by atoms with Gasteiger partial charge in [-0.15, -0.1) is 5.10 Å². The van der Waals surface area contributed by atoms with E-state index >= 15 is 0 Å². The molecule has 5 nitrogen and oxygen atoms in total. The van der Waals surface area contributed by atoms with Crippen LogP contribution in [0.5, 0.6) is 0 Å². The van der Waals surface area contributed by atoms with Crippen LogP contribution in [-0.4, -0.2) is 24.7 Å². The highest BCUT2D eigenvalue weighted by molar-refractivity contribution is 5.88. The van der Waals surface area contributed by atoms with E-state index < -0.39 is 17.7 Å². The van der Waals surface area contributed by atoms with Crippen LogP contribution in [0.3, 0.4) is 0 Å². The van der Waals surface area contributed by atoms with E-state index in [1.165, 1.54) is 6.07 Å². The second-order valence-corrected chi connectivity index (χ2v) is 8.97. The molecule has 0 radical (unpaired) electrons. The highest BCUT2D eigenvalue weighted by Crippen LogP contribution is 2.41. The number of nitrogens with zero attached hydrogens (tertiary/aromatic N) is 4. The van der Waals surface area contributed by atoms with Gasteiger partial charge < -0.3 is 4.98 Å². The molecule has 1 atom stereocenters. The second-order valence-electron chi connectivity index (χ2n) is 8.97. The zero-order chi connectivity index (χ0) is 24.2. The molecule has 0 fully saturated rings. The smallest absolute Gasteiger partial charge is 0.352 e. The number of H-pyrrole nitrogens is 1. The van der Waals surface area contributed by atoms with Gasteiger partial charge >= 0.3 is 6.18 Å². The van der Waals surface area contributed by atoms with Crippen LogP contribution in [0.1, 0.15) is 41.4 Å². The van der Waals surface area contributed by atoms with Crippen LogP contribution in [0.4, 0.5) is 13.2 Å². The Kier molecular flexibility index (Phi) is 4.98. The van der Waals surface area contributed by atoms with Gasteiger partial charge in [0.25, 0.3) is 0 Å². The summed E-state index contributed by atoms with van der Waals surface area (Å²) in [6.07, 6.45) is -1.27. The first kappa shape index (κ1) is 21.6. The largest absolute Gasteiger partial charge is 0.416 e. The second kappa shape index (κ2) is 8.08. The molecule has 0 spiro atoms. The molecule has 176 valence electrons. The number of nitrogens with one attached hydrogen (secondary N) is 1. The van der Waals surface area contributed by atoms with E-state index in [1.807, 2.05) is 37.3 Å². The van der Waals surface area contributed by atoms with E-state index in [2.05, 4.69) is 21.1 Å². The number of hydrogen-bond acceptors (Lipinski definition) is 3. The minimum atomic E-state index is -4.41. The summed E-state index contributed by atoms with van der Waals surface area (Å²) in [4.78, 5) is 12.4. The molecular formula is C27H22F3N5. The summed E-state index contributed by atoms with van der Waals surface area (Å²) in [5, 5.41) is 5.67. The van der Waals surface area contributed by atoms with Crippen LogP contribution >= 0.6 is 0 Å². The lowest BCUT2D eigenvalue weighted by atomic mass is 9.88. The molecule has 1 aliphatic heterocycles. The molecule has 3 aromatic heterocycles. The van der Waals surface area contributed by atoms with E-state index in [0.717, 1.165) is 45.9 Å². The van der Waals surface area contributed by atoms with Gasteiger partial charge in [-0.1, -0.05) is 24.3 Å². The molecule has 0 aliphatic carbocycles. The molecule has 5 aromatic rings. The number of aromatic amines is 1. The molecule has 8 heteroatoms. The average Bonchev–Trinajstić information content (AvgIpc) is 3.47. The van der Waals surface area contributed by atoms with Crippen LogP contribution in [0.15, 0.2) is 66.9 Å². The van der Waals surface area contributed by atoms with E-state index in [4.69, 9.17) is 4.98 Å². The summed E-state index contributed by atoms with van der Waals surface area (Å²) >= 11 is 0. The predicted octanol–water partition coefficient (Wildman–Crippen LogP) is 6.74. The Bertz CT molecular complexity index is 1550. The van der Waals surface area contributed by atoms with Gasteiger partial charge in [-0.25, -0.2) is 9.67 Å². The highest BCUT2D eigenvalue weighted by atomic mass is 19.4. The minimum Gasteiger partial charge on any atom is -0.352 e. The number of benzene rings is 2. The van der Waals surface area contributed by atoms with Crippen molar-refractivity contribution >= 4 is 10.9 Å². The molecular weight excluding hydrogens is 451 g/mol. The quantitative estimate of drug-likeness (QED) is 0.316. The fraction of sp³-hybridized carbons (Fsp3) is 0.222. The number of hydrogen-bond donors (Lipinski definition) is 1. The van der Waals surface area contributed by atoms with Crippen molar-refractivity contribution in [2.75, 3.05) is 0 Å². The number of aryl methyl sites for hydroxylation is 2. The molecule has 1 unspecified atom stereocenters. The van der Waals surface area contributed by atoms with Crippen molar-refractivity contribution in [3.8, 4) is 22.6 Å². The Morgan fingerprint density at radius 1 is 1.00 bits per heavy atom. The van der Waals surface area contributed by atoms with Crippen molar-refractivity contribution in [3.63, 3.8) is 0 Å². The van der Waals surface area contributed by atoms with Crippen LogP contribution < -0.4 is 0 Å². The summed E-state index contributed by atoms with van der Waals surface area (Å²) < 4.78 is 42.8. The summed E-state index contributed by atoms with van der Waals surface area (Å²) in [6.45, 7) is 2.60. The van der Waals surface area contributed by atoms with Gasteiger partial charge in [-0.2, -0.15) is 13.2 Å². The molecule has 0 saturated carbocycles. The van der Waals surface area contributed by atoms with Crippen LogP contribution in [0.2, 0.25) is 0 Å². The van der Waals surface area contributed by atoms with Gasteiger partial charge in [0, 0.05) is 35.3 Å². The number of alkyl halides is 3. The number of aromatic nitrogens is 5. The number of rotatable bonds is 3. The van der Waals surface area contributed by atoms with E-state index in [9.17, 15) is 13.2 Å². The van der Waals surface area contributed by atoms with Crippen molar-refractivity contribution in [2.45, 2.75) is 38.4 Å². The molecule has 1 N–H and O–H groups in total. The topological polar surface area (TPSA) is 59.4 Å². The molecule has 6 rings (SSSR count). The first-order valence-corrected chi connectivity index (χ1v) is 11.5. The Morgan fingerprint density at radius 3 is 2.66 bits per heavy atom. The Hall–Kier alpha value is -3.94. The maximum Gasteiger partial charge on any atom is 0.416 e. The lowest BCUT2D eigenvalue weighted by Crippen LogP contribution is -2.21. The molecule has 1 aliphatic rings. The third-order valence-electron chi connectivity index (χ3n) is 6.61. The van der Waals surface area contributed by atoms with Gasteiger partial charge in [-0.3, -0.25) is 4.98 Å². The zero-order valence-electron chi connectivity index (χ0n) is 19.0. The van der Waals surface area contributed by atoms with Crippen molar-refractivity contribution in [1.82, 2.24) is 24.7 Å². The van der Waals surface area contributed by atoms with Gasteiger partial charge in [0.05, 0.1) is 11.3 Å². The van der Waals surface area contributed by atoms with Crippen molar-refractivity contribution in [3.05, 3.63) is 89.5 Å². The monoisotopic (exact) mass is 473 g/mol. The summed E-state index contributed by atoms with van der Waals surface area (Å²) in [7, 11) is 0. The van der Waals surface area contributed by atoms with E-state index in [1.54, 1.807) is 23.0 Å². The van der Waals surface area contributed by atoms with Crippen molar-refractivity contribution in [2.24, 2.45) is 0 Å². The van der Waals surface area contributed by atoms with Crippen LogP contribution in [0, 0.1) is 6.92 Å². The SMILES string of the molecule is Cc1cc(-c2ccc3[nH]c(-c4nc5n(n4)CCCC5c4ccccc4C(F)(F)F)cc3c2)ccn1. The molecule has 0 saturated heterocycles. The van der Waals surface area contributed by atoms with Gasteiger partial charge in [0.15, 0.2) is 5.82 Å². The fourth-order valence-corrected chi connectivity index (χ4v) is 4.98. The Labute approximate surface area is 199 Å². The Balaban J connectivity index is 1.39. The number of pyridine rings is 1. The lowest BCUT2D eigenvalue weighted by molar-refractivity contribution is -0.138. The molecule has 35 heavy (non-hydrogen) atoms. The summed E-state index contributed by atoms with van der Waals surface area (Å²) in [5.41, 5.74) is 4.46. The fourth-order valence-electron chi connectivity index (χ4n) is 4.98. The maximum absolute atomic E-state index is 13.7. The van der Waals surface area contributed by atoms with Gasteiger partial charge in [0.1, 0.15) is 5.82 Å². The molecule has 0 bridgehead atoms. The van der Waals surface area contributed by atoms with Crippen molar-refractivity contribution < 1.29 is 13.2 Å². The predicted molar refractivity (Wildman–Crippen MR) is 128 cm³/mol. The Morgan fingerprint density at radius 2 is 1.83 bits per heavy atom. The van der Waals surface area contributed by atoms with Crippen LogP contribution in [0.25, 0.3) is 33.5 Å². The summed E-state index contributed by atoms with van der Waals surface area (Å²) in [5.74, 6) is 0.622. The standard InChI is InChI=1S/C27H22F3N5/c1-16-13-18(10-11-31-16)17-8-9-23-19(14-17)15-24(32-23)25-33-26-21(6-4-12-35(26)34-25)20-5-2-3-7-22(20)27(28,29)30/h2-3,5,7-11,13-15,21,32H,4,6,12H2,1H3. The zero-order valence-corrected chi connectivity index (χ0v) is 19.0. The molecule has 4 heterocycles. The van der Waals surface area contributed by atoms with Crippen LogP contribution in [-0.2, 0) is 12.7 Å². The molecule has 0 amide bonds. The molecule has 2 aromatic carbocycles. The lowest BCUT2D eigenvalue weighted by Gasteiger charge is -2.25. The third kappa shape index (κ3) is 3.88. The number of halogens is 3. The first-order valence-electron chi connectivity index (χ1n) is 11.5. The van der Waals surface area contributed by atoms with Gasteiger partial charge in [0.2, 0.25) is 0 Å². The average molecular weight is 474 g/mol. The van der Waals surface area contributed by atoms with E-state index in [-0.39, 0.29) is 5.56 Å². The normalized spacial score (nSPS) is 15.9.